The lowest BCUT2D eigenvalue weighted by Crippen LogP contribution is -2.47. The number of likely N-dealkylation sites (tertiary alicyclic amines) is 1. The quantitative estimate of drug-likeness (QED) is 0.866. The van der Waals surface area contributed by atoms with Gasteiger partial charge in [0.2, 0.25) is 5.91 Å². The Kier molecular flexibility index (Phi) is 5.02. The number of ether oxygens (including phenoxy) is 2. The third-order valence-electron chi connectivity index (χ3n) is 6.04. The molecule has 2 aromatic rings. The number of hydrogen-bond acceptors (Lipinski definition) is 5. The molecule has 152 valence electrons. The van der Waals surface area contributed by atoms with Gasteiger partial charge in [0.25, 0.3) is 0 Å². The first-order valence-corrected chi connectivity index (χ1v) is 10.5. The fraction of sp³-hybridized carbons (Fsp3) is 0.435. The van der Waals surface area contributed by atoms with Crippen LogP contribution in [0.15, 0.2) is 42.5 Å². The van der Waals surface area contributed by atoms with E-state index >= 15 is 0 Å². The average molecular weight is 393 g/mol. The second-order valence-corrected chi connectivity index (χ2v) is 7.97. The zero-order chi connectivity index (χ0) is 19.6. The van der Waals surface area contributed by atoms with Gasteiger partial charge in [0.05, 0.1) is 6.54 Å². The summed E-state index contributed by atoms with van der Waals surface area (Å²) in [4.78, 5) is 16.3. The van der Waals surface area contributed by atoms with Gasteiger partial charge in [-0.05, 0) is 54.8 Å². The molecule has 2 aromatic carbocycles. The lowest BCUT2D eigenvalue weighted by molar-refractivity contribution is -0.120. The van der Waals surface area contributed by atoms with E-state index in [1.165, 1.54) is 24.0 Å². The number of fused-ring (bicyclic) bond motifs is 1. The maximum atomic E-state index is 11.6. The highest BCUT2D eigenvalue weighted by Gasteiger charge is 2.27. The van der Waals surface area contributed by atoms with E-state index in [4.69, 9.17) is 9.47 Å². The molecule has 3 aliphatic rings. The van der Waals surface area contributed by atoms with Crippen molar-refractivity contribution in [3.63, 3.8) is 0 Å². The van der Waals surface area contributed by atoms with Gasteiger partial charge in [-0.2, -0.15) is 0 Å². The molecular formula is C23H27N3O3. The van der Waals surface area contributed by atoms with Crippen molar-refractivity contribution >= 4 is 11.6 Å². The molecule has 3 aliphatic heterocycles. The van der Waals surface area contributed by atoms with Crippen LogP contribution in [-0.2, 0) is 11.3 Å². The Morgan fingerprint density at radius 3 is 2.66 bits per heavy atom. The average Bonchev–Trinajstić information content (AvgIpc) is 3.22. The normalized spacial score (nSPS) is 21.9. The molecule has 1 amide bonds. The highest BCUT2D eigenvalue weighted by atomic mass is 16.6. The molecule has 0 aromatic heterocycles. The Labute approximate surface area is 171 Å². The fourth-order valence-electron chi connectivity index (χ4n) is 4.57. The molecule has 0 aliphatic carbocycles. The van der Waals surface area contributed by atoms with E-state index in [2.05, 4.69) is 51.5 Å². The summed E-state index contributed by atoms with van der Waals surface area (Å²) in [5.74, 6) is 1.82. The van der Waals surface area contributed by atoms with E-state index in [0.717, 1.165) is 36.8 Å². The van der Waals surface area contributed by atoms with Crippen LogP contribution in [0.5, 0.6) is 11.5 Å². The first-order chi connectivity index (χ1) is 14.3. The molecule has 6 heteroatoms. The summed E-state index contributed by atoms with van der Waals surface area (Å²) in [6.07, 6.45) is 2.38. The summed E-state index contributed by atoms with van der Waals surface area (Å²) in [5.41, 5.74) is 3.73. The van der Waals surface area contributed by atoms with Gasteiger partial charge in [0.1, 0.15) is 13.2 Å². The van der Waals surface area contributed by atoms with Crippen LogP contribution in [0.2, 0.25) is 0 Å². The molecule has 0 radical (unpaired) electrons. The lowest BCUT2D eigenvalue weighted by atomic mass is 10.0. The Balaban J connectivity index is 1.28. The summed E-state index contributed by atoms with van der Waals surface area (Å²) < 4.78 is 11.4. The Morgan fingerprint density at radius 1 is 1.00 bits per heavy atom. The molecule has 0 bridgehead atoms. The van der Waals surface area contributed by atoms with Crippen molar-refractivity contribution in [2.45, 2.75) is 25.4 Å². The number of piperazine rings is 1. The highest BCUT2D eigenvalue weighted by molar-refractivity contribution is 5.82. The minimum absolute atomic E-state index is 0.0969. The van der Waals surface area contributed by atoms with Gasteiger partial charge in [-0.1, -0.05) is 18.2 Å². The Morgan fingerprint density at radius 2 is 1.83 bits per heavy atom. The second-order valence-electron chi connectivity index (χ2n) is 7.97. The number of nitrogens with one attached hydrogen (secondary N) is 1. The minimum atomic E-state index is 0.0969. The van der Waals surface area contributed by atoms with Crippen LogP contribution < -0.4 is 19.7 Å². The predicted molar refractivity (Wildman–Crippen MR) is 111 cm³/mol. The van der Waals surface area contributed by atoms with Gasteiger partial charge in [-0.15, -0.1) is 0 Å². The summed E-state index contributed by atoms with van der Waals surface area (Å²) in [5, 5.41) is 2.88. The number of benzene rings is 2. The topological polar surface area (TPSA) is 54.0 Å². The van der Waals surface area contributed by atoms with Gasteiger partial charge in [0, 0.05) is 31.4 Å². The van der Waals surface area contributed by atoms with Crippen LogP contribution >= 0.6 is 0 Å². The maximum absolute atomic E-state index is 11.6. The van der Waals surface area contributed by atoms with Crippen molar-refractivity contribution in [1.82, 2.24) is 10.2 Å². The number of anilines is 1. The molecule has 1 N–H and O–H groups in total. The van der Waals surface area contributed by atoms with Crippen LogP contribution in [0.25, 0.3) is 0 Å². The molecular weight excluding hydrogens is 366 g/mol. The molecule has 2 saturated heterocycles. The number of hydrogen-bond donors (Lipinski definition) is 1. The molecule has 2 fully saturated rings. The van der Waals surface area contributed by atoms with Crippen LogP contribution in [0.1, 0.15) is 30.0 Å². The summed E-state index contributed by atoms with van der Waals surface area (Å²) in [7, 11) is 0. The fourth-order valence-corrected chi connectivity index (χ4v) is 4.57. The monoisotopic (exact) mass is 393 g/mol. The lowest BCUT2D eigenvalue weighted by Gasteiger charge is -2.29. The van der Waals surface area contributed by atoms with Crippen molar-refractivity contribution in [2.24, 2.45) is 0 Å². The smallest absolute Gasteiger partial charge is 0.239 e. The zero-order valence-electron chi connectivity index (χ0n) is 16.6. The SMILES string of the molecule is O=C1CN(c2ccc(CN3CCCC3c3ccc4c(c3)OCCO4)cc2)CCN1. The van der Waals surface area contributed by atoms with Crippen molar-refractivity contribution in [2.75, 3.05) is 44.3 Å². The molecule has 1 atom stereocenters. The van der Waals surface area contributed by atoms with Gasteiger partial charge in [0.15, 0.2) is 11.5 Å². The van der Waals surface area contributed by atoms with Crippen molar-refractivity contribution in [3.05, 3.63) is 53.6 Å². The van der Waals surface area contributed by atoms with E-state index in [1.807, 2.05) is 6.07 Å². The molecule has 3 heterocycles. The van der Waals surface area contributed by atoms with Crippen LogP contribution in [0.3, 0.4) is 0 Å². The van der Waals surface area contributed by atoms with E-state index < -0.39 is 0 Å². The van der Waals surface area contributed by atoms with Gasteiger partial charge < -0.3 is 19.7 Å². The molecule has 6 nitrogen and oxygen atoms in total. The molecule has 29 heavy (non-hydrogen) atoms. The summed E-state index contributed by atoms with van der Waals surface area (Å²) in [6, 6.07) is 15.5. The Hall–Kier alpha value is -2.73. The number of carbonyl (C=O) groups is 1. The van der Waals surface area contributed by atoms with Crippen molar-refractivity contribution in [1.29, 1.82) is 0 Å². The Bertz CT molecular complexity index is 883. The third-order valence-corrected chi connectivity index (χ3v) is 6.04. The van der Waals surface area contributed by atoms with Crippen molar-refractivity contribution < 1.29 is 14.3 Å². The second kappa shape index (κ2) is 7.95. The first kappa shape index (κ1) is 18.3. The molecule has 0 spiro atoms. The summed E-state index contributed by atoms with van der Waals surface area (Å²) >= 11 is 0. The third kappa shape index (κ3) is 3.90. The molecule has 0 saturated carbocycles. The maximum Gasteiger partial charge on any atom is 0.239 e. The van der Waals surface area contributed by atoms with E-state index in [9.17, 15) is 4.79 Å². The van der Waals surface area contributed by atoms with E-state index in [-0.39, 0.29) is 5.91 Å². The van der Waals surface area contributed by atoms with Gasteiger partial charge >= 0.3 is 0 Å². The zero-order valence-corrected chi connectivity index (χ0v) is 16.6. The van der Waals surface area contributed by atoms with Crippen molar-refractivity contribution in [3.8, 4) is 11.5 Å². The molecule has 1 unspecified atom stereocenters. The van der Waals surface area contributed by atoms with Crippen LogP contribution in [0, 0.1) is 0 Å². The van der Waals surface area contributed by atoms with Gasteiger partial charge in [-0.25, -0.2) is 0 Å². The highest BCUT2D eigenvalue weighted by Crippen LogP contribution is 2.38. The van der Waals surface area contributed by atoms with E-state index in [0.29, 0.717) is 32.3 Å². The minimum Gasteiger partial charge on any atom is -0.486 e. The summed E-state index contributed by atoms with van der Waals surface area (Å²) in [6.45, 7) is 5.30. The number of carbonyl (C=O) groups excluding carboxylic acids is 1. The number of amides is 1. The largest absolute Gasteiger partial charge is 0.486 e. The number of rotatable bonds is 4. The predicted octanol–water partition coefficient (Wildman–Crippen LogP) is 2.73. The first-order valence-electron chi connectivity index (χ1n) is 10.5. The van der Waals surface area contributed by atoms with Crippen LogP contribution in [0.4, 0.5) is 5.69 Å². The number of nitrogens with zero attached hydrogens (tertiary/aromatic N) is 2. The van der Waals surface area contributed by atoms with Crippen LogP contribution in [-0.4, -0.2) is 50.2 Å². The van der Waals surface area contributed by atoms with Gasteiger partial charge in [-0.3, -0.25) is 9.69 Å². The standard InChI is InChI=1S/C23H27N3O3/c27-23-16-25(11-9-24-23)19-6-3-17(4-7-19)15-26-10-1-2-20(26)18-5-8-21-22(14-18)29-13-12-28-21/h3-8,14,20H,1-2,9-13,15-16H2,(H,24,27). The van der Waals surface area contributed by atoms with E-state index in [1.54, 1.807) is 0 Å². The molecule has 5 rings (SSSR count).